The molecule has 2 heteroatoms. The molecule has 1 nitrogen and oxygen atoms in total. The average Bonchev–Trinajstić information content (AvgIpc) is 1.66. The van der Waals surface area contributed by atoms with E-state index in [1.165, 1.54) is 0 Å². The molecule has 0 aliphatic carbocycles. The highest BCUT2D eigenvalue weighted by atomic mass is 32.1. The third kappa shape index (κ3) is 5.84. The van der Waals surface area contributed by atoms with Gasteiger partial charge in [0, 0.05) is 6.42 Å². The van der Waals surface area contributed by atoms with Crippen molar-refractivity contribution in [2.45, 2.75) is 31.4 Å². The smallest absolute Gasteiger partial charge is 0.0621 e. The minimum Gasteiger partial charge on any atom is -0.198 e. The van der Waals surface area contributed by atoms with Crippen molar-refractivity contribution < 1.29 is 0 Å². The SMILES string of the molecule is CC(S)CCCC#N. The van der Waals surface area contributed by atoms with E-state index in [1.54, 1.807) is 0 Å². The van der Waals surface area contributed by atoms with Crippen LogP contribution in [0.15, 0.2) is 0 Å². The highest BCUT2D eigenvalue weighted by Crippen LogP contribution is 2.04. The third-order valence-corrected chi connectivity index (χ3v) is 1.17. The fourth-order valence-electron chi connectivity index (χ4n) is 0.477. The van der Waals surface area contributed by atoms with Crippen LogP contribution in [0, 0.1) is 11.3 Å². The summed E-state index contributed by atoms with van der Waals surface area (Å²) in [4.78, 5) is 0. The monoisotopic (exact) mass is 129 g/mol. The summed E-state index contributed by atoms with van der Waals surface area (Å²) in [6.07, 6.45) is 2.71. The zero-order chi connectivity index (χ0) is 6.41. The van der Waals surface area contributed by atoms with Gasteiger partial charge >= 0.3 is 0 Å². The van der Waals surface area contributed by atoms with Crippen molar-refractivity contribution in [2.75, 3.05) is 0 Å². The predicted octanol–water partition coefficient (Wildman–Crippen LogP) is 2.00. The van der Waals surface area contributed by atoms with Gasteiger partial charge in [0.25, 0.3) is 0 Å². The van der Waals surface area contributed by atoms with Crippen LogP contribution in [-0.2, 0) is 0 Å². The van der Waals surface area contributed by atoms with Gasteiger partial charge in [-0.2, -0.15) is 17.9 Å². The van der Waals surface area contributed by atoms with Crippen LogP contribution in [-0.4, -0.2) is 5.25 Å². The maximum absolute atomic E-state index is 8.10. The van der Waals surface area contributed by atoms with Gasteiger partial charge in [-0.15, -0.1) is 0 Å². The highest BCUT2D eigenvalue weighted by molar-refractivity contribution is 7.80. The maximum Gasteiger partial charge on any atom is 0.0621 e. The first kappa shape index (κ1) is 7.84. The number of hydrogen-bond donors (Lipinski definition) is 1. The lowest BCUT2D eigenvalue weighted by molar-refractivity contribution is 0.750. The minimum atomic E-state index is 0.448. The number of thiol groups is 1. The molecule has 0 amide bonds. The van der Waals surface area contributed by atoms with Gasteiger partial charge in [0.2, 0.25) is 0 Å². The molecule has 0 bridgehead atoms. The number of rotatable bonds is 3. The Bertz CT molecular complexity index is 83.0. The fraction of sp³-hybridized carbons (Fsp3) is 0.833. The zero-order valence-corrected chi connectivity index (χ0v) is 5.99. The summed E-state index contributed by atoms with van der Waals surface area (Å²) in [5.74, 6) is 0. The normalized spacial score (nSPS) is 12.6. The molecule has 0 aromatic heterocycles. The molecule has 1 atom stereocenters. The first-order chi connectivity index (χ1) is 3.77. The lowest BCUT2D eigenvalue weighted by Crippen LogP contribution is -1.88. The van der Waals surface area contributed by atoms with E-state index in [0.717, 1.165) is 12.8 Å². The molecule has 1 unspecified atom stereocenters. The van der Waals surface area contributed by atoms with E-state index in [1.807, 2.05) is 6.92 Å². The fourth-order valence-corrected chi connectivity index (χ4v) is 0.659. The number of nitrogens with zero attached hydrogens (tertiary/aromatic N) is 1. The molecular weight excluding hydrogens is 118 g/mol. The Hall–Kier alpha value is -0.160. The second-order valence-electron chi connectivity index (χ2n) is 1.90. The van der Waals surface area contributed by atoms with E-state index < -0.39 is 0 Å². The summed E-state index contributed by atoms with van der Waals surface area (Å²) in [5.41, 5.74) is 0. The van der Waals surface area contributed by atoms with Crippen molar-refractivity contribution in [1.29, 1.82) is 5.26 Å². The molecule has 0 heterocycles. The van der Waals surface area contributed by atoms with Crippen LogP contribution in [0.3, 0.4) is 0 Å². The average molecular weight is 129 g/mol. The van der Waals surface area contributed by atoms with E-state index in [2.05, 4.69) is 18.7 Å². The maximum atomic E-state index is 8.10. The second kappa shape index (κ2) is 4.99. The number of hydrogen-bond acceptors (Lipinski definition) is 2. The van der Waals surface area contributed by atoms with Gasteiger partial charge in [-0.3, -0.25) is 0 Å². The van der Waals surface area contributed by atoms with Crippen molar-refractivity contribution in [3.05, 3.63) is 0 Å². The quantitative estimate of drug-likeness (QED) is 0.457. The summed E-state index contributed by atoms with van der Waals surface area (Å²) in [7, 11) is 0. The van der Waals surface area contributed by atoms with E-state index in [9.17, 15) is 0 Å². The van der Waals surface area contributed by atoms with Crippen molar-refractivity contribution in [1.82, 2.24) is 0 Å². The molecule has 0 N–H and O–H groups in total. The molecule has 8 heavy (non-hydrogen) atoms. The third-order valence-electron chi connectivity index (χ3n) is 0.910. The topological polar surface area (TPSA) is 23.8 Å². The van der Waals surface area contributed by atoms with Gasteiger partial charge in [0.15, 0.2) is 0 Å². The molecule has 46 valence electrons. The lowest BCUT2D eigenvalue weighted by Gasteiger charge is -1.97. The molecule has 0 aliphatic heterocycles. The van der Waals surface area contributed by atoms with Gasteiger partial charge in [-0.05, 0) is 18.1 Å². The van der Waals surface area contributed by atoms with Crippen molar-refractivity contribution in [2.24, 2.45) is 0 Å². The van der Waals surface area contributed by atoms with E-state index >= 15 is 0 Å². The predicted molar refractivity (Wildman–Crippen MR) is 37.9 cm³/mol. The summed E-state index contributed by atoms with van der Waals surface area (Å²) in [6, 6.07) is 2.09. The van der Waals surface area contributed by atoms with Gasteiger partial charge < -0.3 is 0 Å². The van der Waals surface area contributed by atoms with Crippen LogP contribution in [0.2, 0.25) is 0 Å². The van der Waals surface area contributed by atoms with Crippen LogP contribution >= 0.6 is 12.6 Å². The second-order valence-corrected chi connectivity index (χ2v) is 2.78. The standard InChI is InChI=1S/C6H11NS/c1-6(8)4-2-3-5-7/h6,8H,2-4H2,1H3. The Morgan fingerprint density at radius 2 is 2.38 bits per heavy atom. The molecule has 0 aromatic rings. The van der Waals surface area contributed by atoms with Crippen molar-refractivity contribution >= 4 is 12.6 Å². The van der Waals surface area contributed by atoms with Crippen LogP contribution in [0.1, 0.15) is 26.2 Å². The highest BCUT2D eigenvalue weighted by Gasteiger charge is 1.91. The summed E-state index contributed by atoms with van der Waals surface area (Å²) < 4.78 is 0. The minimum absolute atomic E-state index is 0.448. The largest absolute Gasteiger partial charge is 0.198 e. The molecular formula is C6H11NS. The number of nitriles is 1. The van der Waals surface area contributed by atoms with Crippen LogP contribution < -0.4 is 0 Å². The van der Waals surface area contributed by atoms with Crippen LogP contribution in [0.5, 0.6) is 0 Å². The summed E-state index contributed by atoms with van der Waals surface area (Å²) in [5, 5.41) is 8.55. The molecule has 0 radical (unpaired) electrons. The Morgan fingerprint density at radius 1 is 1.75 bits per heavy atom. The van der Waals surface area contributed by atoms with E-state index in [-0.39, 0.29) is 0 Å². The molecule has 0 spiro atoms. The summed E-state index contributed by atoms with van der Waals surface area (Å²) in [6.45, 7) is 2.04. The lowest BCUT2D eigenvalue weighted by atomic mass is 10.2. The van der Waals surface area contributed by atoms with Crippen LogP contribution in [0.25, 0.3) is 0 Å². The van der Waals surface area contributed by atoms with E-state index in [0.29, 0.717) is 11.7 Å². The first-order valence-corrected chi connectivity index (χ1v) is 3.34. The Balaban J connectivity index is 2.85. The van der Waals surface area contributed by atoms with Gasteiger partial charge in [-0.25, -0.2) is 0 Å². The Morgan fingerprint density at radius 3 is 2.75 bits per heavy atom. The summed E-state index contributed by atoms with van der Waals surface area (Å²) >= 11 is 4.16. The Labute approximate surface area is 56.1 Å². The molecule has 0 aliphatic rings. The van der Waals surface area contributed by atoms with Crippen molar-refractivity contribution in [3.8, 4) is 6.07 Å². The first-order valence-electron chi connectivity index (χ1n) is 2.82. The zero-order valence-electron chi connectivity index (χ0n) is 5.09. The van der Waals surface area contributed by atoms with Gasteiger partial charge in [0.05, 0.1) is 6.07 Å². The van der Waals surface area contributed by atoms with Crippen LogP contribution in [0.4, 0.5) is 0 Å². The molecule has 0 fully saturated rings. The molecule has 0 rings (SSSR count). The van der Waals surface area contributed by atoms with E-state index in [4.69, 9.17) is 5.26 Å². The molecule has 0 saturated carbocycles. The van der Waals surface area contributed by atoms with Gasteiger partial charge in [0.1, 0.15) is 0 Å². The molecule has 0 saturated heterocycles. The Kier molecular flexibility index (Phi) is 4.89. The number of unbranched alkanes of at least 4 members (excludes halogenated alkanes) is 1. The molecule has 0 aromatic carbocycles. The van der Waals surface area contributed by atoms with Crippen molar-refractivity contribution in [3.63, 3.8) is 0 Å². The van der Waals surface area contributed by atoms with Gasteiger partial charge in [-0.1, -0.05) is 6.92 Å².